The van der Waals surface area contributed by atoms with Crippen molar-refractivity contribution in [3.05, 3.63) is 0 Å². The van der Waals surface area contributed by atoms with Gasteiger partial charge in [-0.3, -0.25) is 11.3 Å². The van der Waals surface area contributed by atoms with E-state index in [4.69, 9.17) is 5.84 Å². The van der Waals surface area contributed by atoms with Crippen LogP contribution in [0.2, 0.25) is 0 Å². The largest absolute Gasteiger partial charge is 0.317 e. The number of nitrogens with one attached hydrogen (secondary N) is 2. The standard InChI is InChI=1S/C7H19N3/c1-4-7(9-3)6(2)5-10-8/h6-7,9-10H,4-5,8H2,1-3H3/t6?,7-/m0/s1. The number of rotatable bonds is 5. The summed E-state index contributed by atoms with van der Waals surface area (Å²) in [5.41, 5.74) is 2.68. The zero-order valence-corrected chi connectivity index (χ0v) is 7.15. The van der Waals surface area contributed by atoms with Gasteiger partial charge in [-0.15, -0.1) is 0 Å². The monoisotopic (exact) mass is 145 g/mol. The Bertz CT molecular complexity index is 71.3. The first-order chi connectivity index (χ1) is 4.76. The van der Waals surface area contributed by atoms with Gasteiger partial charge in [0.25, 0.3) is 0 Å². The van der Waals surface area contributed by atoms with Crippen LogP contribution in [-0.2, 0) is 0 Å². The SMILES string of the molecule is CC[C@H](NC)C(C)CNN. The Labute approximate surface area is 63.3 Å². The minimum Gasteiger partial charge on any atom is -0.317 e. The molecule has 0 spiro atoms. The Morgan fingerprint density at radius 1 is 1.50 bits per heavy atom. The molecule has 0 heterocycles. The third kappa shape index (κ3) is 3.15. The van der Waals surface area contributed by atoms with Crippen LogP contribution >= 0.6 is 0 Å². The van der Waals surface area contributed by atoms with E-state index in [-0.39, 0.29) is 0 Å². The number of hydrazine groups is 1. The lowest BCUT2D eigenvalue weighted by atomic mass is 10.0. The maximum atomic E-state index is 5.20. The maximum Gasteiger partial charge on any atom is 0.0138 e. The van der Waals surface area contributed by atoms with Crippen molar-refractivity contribution >= 4 is 0 Å². The molecule has 0 fully saturated rings. The van der Waals surface area contributed by atoms with Crippen LogP contribution in [0.3, 0.4) is 0 Å². The van der Waals surface area contributed by atoms with E-state index >= 15 is 0 Å². The number of hydrogen-bond acceptors (Lipinski definition) is 3. The Morgan fingerprint density at radius 2 is 2.10 bits per heavy atom. The van der Waals surface area contributed by atoms with Gasteiger partial charge in [-0.2, -0.15) is 0 Å². The average molecular weight is 145 g/mol. The Hall–Kier alpha value is -0.120. The summed E-state index contributed by atoms with van der Waals surface area (Å²) in [5, 5.41) is 3.24. The van der Waals surface area contributed by atoms with E-state index in [0.29, 0.717) is 12.0 Å². The summed E-state index contributed by atoms with van der Waals surface area (Å²) >= 11 is 0. The molecule has 0 saturated carbocycles. The lowest BCUT2D eigenvalue weighted by Crippen LogP contribution is -2.39. The molecule has 0 bridgehead atoms. The van der Waals surface area contributed by atoms with Crippen LogP contribution < -0.4 is 16.6 Å². The molecule has 0 aliphatic carbocycles. The van der Waals surface area contributed by atoms with Crippen LogP contribution in [0.15, 0.2) is 0 Å². The highest BCUT2D eigenvalue weighted by Crippen LogP contribution is 2.03. The molecule has 0 aromatic carbocycles. The molecule has 4 N–H and O–H groups in total. The zero-order valence-electron chi connectivity index (χ0n) is 7.15. The molecule has 0 radical (unpaired) electrons. The molecule has 2 atom stereocenters. The van der Waals surface area contributed by atoms with Crippen LogP contribution in [0, 0.1) is 5.92 Å². The van der Waals surface area contributed by atoms with Gasteiger partial charge in [0.15, 0.2) is 0 Å². The summed E-state index contributed by atoms with van der Waals surface area (Å²) < 4.78 is 0. The maximum absolute atomic E-state index is 5.20. The van der Waals surface area contributed by atoms with E-state index in [0.717, 1.165) is 13.0 Å². The second-order valence-corrected chi connectivity index (χ2v) is 2.69. The first kappa shape index (κ1) is 9.88. The molecular formula is C7H19N3. The van der Waals surface area contributed by atoms with Gasteiger partial charge in [0.2, 0.25) is 0 Å². The van der Waals surface area contributed by atoms with Crippen molar-refractivity contribution in [2.24, 2.45) is 11.8 Å². The van der Waals surface area contributed by atoms with Crippen molar-refractivity contribution in [3.63, 3.8) is 0 Å². The highest BCUT2D eigenvalue weighted by atomic mass is 15.2. The minimum absolute atomic E-state index is 0.580. The number of nitrogens with two attached hydrogens (primary N) is 1. The molecular weight excluding hydrogens is 126 g/mol. The topological polar surface area (TPSA) is 50.1 Å². The fraction of sp³-hybridized carbons (Fsp3) is 1.00. The quantitative estimate of drug-likeness (QED) is 0.379. The van der Waals surface area contributed by atoms with E-state index < -0.39 is 0 Å². The Kier molecular flexibility index (Phi) is 5.58. The smallest absolute Gasteiger partial charge is 0.0138 e. The predicted octanol–water partition coefficient (Wildman–Crippen LogP) is 0.0838. The minimum atomic E-state index is 0.580. The summed E-state index contributed by atoms with van der Waals surface area (Å²) in [5.74, 6) is 5.80. The van der Waals surface area contributed by atoms with Gasteiger partial charge < -0.3 is 5.32 Å². The normalized spacial score (nSPS) is 16.8. The second-order valence-electron chi connectivity index (χ2n) is 2.69. The Morgan fingerprint density at radius 3 is 2.40 bits per heavy atom. The van der Waals surface area contributed by atoms with Gasteiger partial charge in [-0.25, -0.2) is 0 Å². The van der Waals surface area contributed by atoms with Crippen LogP contribution in [0.1, 0.15) is 20.3 Å². The first-order valence-electron chi connectivity index (χ1n) is 3.87. The van der Waals surface area contributed by atoms with Crippen molar-refractivity contribution in [3.8, 4) is 0 Å². The molecule has 0 rings (SSSR count). The fourth-order valence-electron chi connectivity index (χ4n) is 1.22. The van der Waals surface area contributed by atoms with Gasteiger partial charge in [0, 0.05) is 12.6 Å². The molecule has 0 aromatic heterocycles. The van der Waals surface area contributed by atoms with Crippen molar-refractivity contribution in [1.82, 2.24) is 10.7 Å². The molecule has 0 aliphatic rings. The highest BCUT2D eigenvalue weighted by Gasteiger charge is 2.11. The average Bonchev–Trinajstić information content (AvgIpc) is 1.91. The van der Waals surface area contributed by atoms with Gasteiger partial charge in [-0.1, -0.05) is 13.8 Å². The molecule has 0 amide bonds. The zero-order chi connectivity index (χ0) is 7.98. The van der Waals surface area contributed by atoms with E-state index in [1.807, 2.05) is 7.05 Å². The predicted molar refractivity (Wildman–Crippen MR) is 44.5 cm³/mol. The third-order valence-corrected chi connectivity index (χ3v) is 1.94. The fourth-order valence-corrected chi connectivity index (χ4v) is 1.22. The molecule has 0 saturated heterocycles. The lowest BCUT2D eigenvalue weighted by molar-refractivity contribution is 0.372. The molecule has 10 heavy (non-hydrogen) atoms. The summed E-state index contributed by atoms with van der Waals surface area (Å²) in [4.78, 5) is 0. The van der Waals surface area contributed by atoms with Crippen molar-refractivity contribution < 1.29 is 0 Å². The van der Waals surface area contributed by atoms with Gasteiger partial charge in [0.05, 0.1) is 0 Å². The van der Waals surface area contributed by atoms with E-state index in [1.165, 1.54) is 0 Å². The van der Waals surface area contributed by atoms with Crippen molar-refractivity contribution in [1.29, 1.82) is 0 Å². The van der Waals surface area contributed by atoms with Crippen LogP contribution in [0.5, 0.6) is 0 Å². The second kappa shape index (κ2) is 5.65. The van der Waals surface area contributed by atoms with E-state index in [1.54, 1.807) is 0 Å². The number of hydrogen-bond donors (Lipinski definition) is 3. The van der Waals surface area contributed by atoms with Gasteiger partial charge >= 0.3 is 0 Å². The molecule has 62 valence electrons. The molecule has 3 nitrogen and oxygen atoms in total. The molecule has 3 heteroatoms. The van der Waals surface area contributed by atoms with Crippen LogP contribution in [-0.4, -0.2) is 19.6 Å². The molecule has 0 aliphatic heterocycles. The highest BCUT2D eigenvalue weighted by molar-refractivity contribution is 4.70. The summed E-state index contributed by atoms with van der Waals surface area (Å²) in [7, 11) is 1.99. The summed E-state index contributed by atoms with van der Waals surface area (Å²) in [6.07, 6.45) is 1.15. The summed E-state index contributed by atoms with van der Waals surface area (Å²) in [6.45, 7) is 5.23. The van der Waals surface area contributed by atoms with E-state index in [2.05, 4.69) is 24.6 Å². The molecule has 0 aromatic rings. The first-order valence-corrected chi connectivity index (χ1v) is 3.87. The van der Waals surface area contributed by atoms with E-state index in [9.17, 15) is 0 Å². The lowest BCUT2D eigenvalue weighted by Gasteiger charge is -2.21. The van der Waals surface area contributed by atoms with Crippen molar-refractivity contribution in [2.75, 3.05) is 13.6 Å². The van der Waals surface area contributed by atoms with Crippen molar-refractivity contribution in [2.45, 2.75) is 26.3 Å². The molecule has 1 unspecified atom stereocenters. The van der Waals surface area contributed by atoms with Crippen LogP contribution in [0.25, 0.3) is 0 Å². The summed E-state index contributed by atoms with van der Waals surface area (Å²) in [6, 6.07) is 0.580. The third-order valence-electron chi connectivity index (χ3n) is 1.94. The Balaban J connectivity index is 3.53. The van der Waals surface area contributed by atoms with Crippen LogP contribution in [0.4, 0.5) is 0 Å². The van der Waals surface area contributed by atoms with Gasteiger partial charge in [0.1, 0.15) is 0 Å². The van der Waals surface area contributed by atoms with Gasteiger partial charge in [-0.05, 0) is 19.4 Å².